The van der Waals surface area contributed by atoms with Gasteiger partial charge in [-0.2, -0.15) is 0 Å². The first-order valence-electron chi connectivity index (χ1n) is 10.1. The van der Waals surface area contributed by atoms with Gasteiger partial charge in [0.1, 0.15) is 18.0 Å². The van der Waals surface area contributed by atoms with E-state index in [1.54, 1.807) is 37.3 Å². The van der Waals surface area contributed by atoms with Crippen molar-refractivity contribution < 1.29 is 18.0 Å². The molecule has 5 N–H and O–H groups in total. The average Bonchev–Trinajstić information content (AvgIpc) is 2.74. The Labute approximate surface area is 192 Å². The van der Waals surface area contributed by atoms with Gasteiger partial charge in [-0.05, 0) is 37.5 Å². The van der Waals surface area contributed by atoms with E-state index in [4.69, 9.17) is 11.5 Å². The van der Waals surface area contributed by atoms with Crippen LogP contribution < -0.4 is 26.8 Å². The van der Waals surface area contributed by atoms with Crippen LogP contribution in [0.3, 0.4) is 0 Å². The molecule has 0 saturated heterocycles. The van der Waals surface area contributed by atoms with Crippen LogP contribution in [-0.4, -0.2) is 43.8 Å². The summed E-state index contributed by atoms with van der Waals surface area (Å²) in [6.07, 6.45) is 1.12. The van der Waals surface area contributed by atoms with E-state index in [-0.39, 0.29) is 30.4 Å². The zero-order valence-electron chi connectivity index (χ0n) is 18.5. The maximum atomic E-state index is 13.2. The summed E-state index contributed by atoms with van der Waals surface area (Å²) in [5, 5.41) is 1.01. The van der Waals surface area contributed by atoms with Gasteiger partial charge in [0, 0.05) is 19.2 Å². The minimum atomic E-state index is -3.91. The van der Waals surface area contributed by atoms with Gasteiger partial charge in [0.2, 0.25) is 15.9 Å². The molecule has 1 amide bonds. The molecule has 2 aromatic rings. The van der Waals surface area contributed by atoms with Crippen molar-refractivity contribution in [2.45, 2.75) is 38.5 Å². The Hall–Kier alpha value is -3.67. The molecule has 0 aliphatic heterocycles. The summed E-state index contributed by atoms with van der Waals surface area (Å²) in [4.78, 5) is 41.2. The largest absolute Gasteiger partial charge is 0.370 e. The second-order valence-electron chi connectivity index (χ2n) is 7.37. The molecule has 0 radical (unpaired) electrons. The molecule has 33 heavy (non-hydrogen) atoms. The molecule has 0 fully saturated rings. The summed E-state index contributed by atoms with van der Waals surface area (Å²) in [6.45, 7) is 3.02. The molecule has 0 saturated carbocycles. The average molecular weight is 477 g/mol. The van der Waals surface area contributed by atoms with Crippen molar-refractivity contribution in [2.24, 2.45) is 16.5 Å². The van der Waals surface area contributed by atoms with E-state index in [1.165, 1.54) is 19.1 Å². The second kappa shape index (κ2) is 11.3. The Kier molecular flexibility index (Phi) is 8.74. The van der Waals surface area contributed by atoms with Crippen LogP contribution in [0, 0.1) is 6.92 Å². The fourth-order valence-electron chi connectivity index (χ4n) is 3.24. The first-order chi connectivity index (χ1) is 15.6. The number of sulfonamides is 1. The summed E-state index contributed by atoms with van der Waals surface area (Å²) >= 11 is 0. The van der Waals surface area contributed by atoms with Gasteiger partial charge in [0.05, 0.1) is 5.75 Å². The molecule has 1 aromatic heterocycles. The molecule has 1 aromatic carbocycles. The number of pyridine rings is 1. The number of carbonyl (C=O) groups excluding carboxylic acids is 2. The highest BCUT2D eigenvalue weighted by Crippen LogP contribution is 2.13. The summed E-state index contributed by atoms with van der Waals surface area (Å²) in [5.74, 6) is -0.994. The summed E-state index contributed by atoms with van der Waals surface area (Å²) in [7, 11) is -3.91. The Balaban J connectivity index is 2.37. The highest BCUT2D eigenvalue weighted by atomic mass is 32.2. The Morgan fingerprint density at radius 2 is 1.88 bits per heavy atom. The van der Waals surface area contributed by atoms with Crippen LogP contribution in [0.1, 0.15) is 31.0 Å². The van der Waals surface area contributed by atoms with Crippen molar-refractivity contribution in [2.75, 3.05) is 16.3 Å². The van der Waals surface area contributed by atoms with Crippen LogP contribution in [0.25, 0.3) is 0 Å². The van der Waals surface area contributed by atoms with Crippen LogP contribution >= 0.6 is 0 Å². The molecule has 0 spiro atoms. The minimum absolute atomic E-state index is 0.0939. The molecule has 0 bridgehead atoms. The van der Waals surface area contributed by atoms with Crippen LogP contribution in [-0.2, 0) is 25.4 Å². The smallest absolute Gasteiger partial charge is 0.293 e. The number of anilines is 1. The number of aromatic nitrogens is 1. The molecule has 1 heterocycles. The third kappa shape index (κ3) is 7.17. The van der Waals surface area contributed by atoms with Gasteiger partial charge in [0.15, 0.2) is 5.96 Å². The molecule has 178 valence electrons. The molecular weight excluding hydrogens is 448 g/mol. The van der Waals surface area contributed by atoms with Crippen molar-refractivity contribution in [1.29, 1.82) is 0 Å². The summed E-state index contributed by atoms with van der Waals surface area (Å²) in [5.41, 5.74) is 10.4. The number of aryl methyl sites for hydroxylation is 1. The summed E-state index contributed by atoms with van der Waals surface area (Å²) < 4.78 is 28.5. The van der Waals surface area contributed by atoms with E-state index in [0.717, 1.165) is 9.69 Å². The fraction of sp³-hybridized carbons (Fsp3) is 0.333. The number of aldehydes is 1. The molecule has 12 heteroatoms. The van der Waals surface area contributed by atoms with E-state index in [9.17, 15) is 22.8 Å². The number of hydrogen-bond donors (Lipinski definition) is 3. The third-order valence-electron chi connectivity index (χ3n) is 4.67. The van der Waals surface area contributed by atoms with E-state index < -0.39 is 27.5 Å². The monoisotopic (exact) mass is 476 g/mol. The van der Waals surface area contributed by atoms with E-state index in [0.29, 0.717) is 24.0 Å². The summed E-state index contributed by atoms with van der Waals surface area (Å²) in [6, 6.07) is 10.3. The first kappa shape index (κ1) is 25.6. The number of nitrogens with zero attached hydrogens (tertiary/aromatic N) is 3. The van der Waals surface area contributed by atoms with Gasteiger partial charge in [0.25, 0.3) is 5.56 Å². The normalized spacial score (nSPS) is 11.9. The van der Waals surface area contributed by atoms with Crippen molar-refractivity contribution in [3.05, 3.63) is 64.1 Å². The van der Waals surface area contributed by atoms with Gasteiger partial charge in [-0.25, -0.2) is 18.1 Å². The zero-order valence-corrected chi connectivity index (χ0v) is 19.3. The van der Waals surface area contributed by atoms with Gasteiger partial charge >= 0.3 is 0 Å². The first-order valence-corrected chi connectivity index (χ1v) is 11.8. The quantitative estimate of drug-likeness (QED) is 0.180. The van der Waals surface area contributed by atoms with Gasteiger partial charge in [-0.1, -0.05) is 30.3 Å². The van der Waals surface area contributed by atoms with Crippen molar-refractivity contribution >= 4 is 33.9 Å². The molecule has 11 nitrogen and oxygen atoms in total. The highest BCUT2D eigenvalue weighted by molar-refractivity contribution is 7.91. The number of nitrogens with one attached hydrogen (secondary N) is 1. The zero-order chi connectivity index (χ0) is 24.6. The lowest BCUT2D eigenvalue weighted by Gasteiger charge is -2.30. The molecule has 0 aliphatic carbocycles. The van der Waals surface area contributed by atoms with Crippen LogP contribution in [0.4, 0.5) is 5.69 Å². The maximum Gasteiger partial charge on any atom is 0.293 e. The SMILES string of the molecule is CC(=O)N([C@H](C=O)CCCN=C(N)N)n1c(C)ccc(NS(=O)(=O)Cc2ccccc2)c1=O. The molecular formula is C21H28N6O5S. The Morgan fingerprint density at radius 1 is 1.21 bits per heavy atom. The second-order valence-corrected chi connectivity index (χ2v) is 9.09. The standard InChI is InChI=1S/C21H28N6O5S/c1-15-10-11-19(25-33(31,32)14-17-7-4-3-5-8-17)20(30)26(15)27(16(2)29)18(13-28)9-6-12-24-21(22)23/h3-5,7-8,10-11,13,18,25H,6,9,12,14H2,1-2H3,(H4,22,23,24)/t18-/m0/s1. The molecule has 0 unspecified atom stereocenters. The minimum Gasteiger partial charge on any atom is -0.370 e. The highest BCUT2D eigenvalue weighted by Gasteiger charge is 2.26. The number of amides is 1. The van der Waals surface area contributed by atoms with Gasteiger partial charge < -0.3 is 16.3 Å². The number of guanidine groups is 1. The van der Waals surface area contributed by atoms with E-state index in [1.807, 2.05) is 0 Å². The molecule has 1 atom stereocenters. The predicted octanol–water partition coefficient (Wildman–Crippen LogP) is 0.204. The van der Waals surface area contributed by atoms with Crippen LogP contribution in [0.2, 0.25) is 0 Å². The van der Waals surface area contributed by atoms with Crippen molar-refractivity contribution in [3.8, 4) is 0 Å². The lowest BCUT2D eigenvalue weighted by molar-refractivity contribution is -0.121. The number of carbonyl (C=O) groups is 2. The number of aliphatic imine (C=N–C) groups is 1. The fourth-order valence-corrected chi connectivity index (χ4v) is 4.44. The van der Waals surface area contributed by atoms with E-state index in [2.05, 4.69) is 9.71 Å². The van der Waals surface area contributed by atoms with E-state index >= 15 is 0 Å². The Bertz CT molecular complexity index is 1170. The Morgan fingerprint density at radius 3 is 2.45 bits per heavy atom. The molecule has 2 rings (SSSR count). The molecule has 0 aliphatic rings. The third-order valence-corrected chi connectivity index (χ3v) is 5.92. The number of nitrogens with two attached hydrogens (primary N) is 2. The number of hydrogen-bond acceptors (Lipinski definition) is 6. The number of rotatable bonds is 11. The topological polar surface area (TPSA) is 170 Å². The van der Waals surface area contributed by atoms with Crippen LogP contribution in [0.5, 0.6) is 0 Å². The van der Waals surface area contributed by atoms with Gasteiger partial charge in [-0.3, -0.25) is 19.3 Å². The number of benzene rings is 1. The van der Waals surface area contributed by atoms with Gasteiger partial charge in [-0.15, -0.1) is 0 Å². The van der Waals surface area contributed by atoms with Crippen molar-refractivity contribution in [3.63, 3.8) is 0 Å². The maximum absolute atomic E-state index is 13.2. The van der Waals surface area contributed by atoms with Crippen LogP contribution in [0.15, 0.2) is 52.3 Å². The lowest BCUT2D eigenvalue weighted by Crippen LogP contribution is -2.53. The lowest BCUT2D eigenvalue weighted by atomic mass is 10.1. The predicted molar refractivity (Wildman–Crippen MR) is 127 cm³/mol. The van der Waals surface area contributed by atoms with Crippen molar-refractivity contribution in [1.82, 2.24) is 4.68 Å².